The second kappa shape index (κ2) is 9.30. The van der Waals surface area contributed by atoms with Crippen molar-refractivity contribution in [2.24, 2.45) is 5.92 Å². The van der Waals surface area contributed by atoms with E-state index in [1.165, 1.54) is 0 Å². The molecule has 1 fully saturated rings. The summed E-state index contributed by atoms with van der Waals surface area (Å²) in [5.74, 6) is -1.63. The number of hydrogen-bond acceptors (Lipinski definition) is 2. The number of benzene rings is 2. The standard InChI is InChI=1S/C21H23F2N3O2/c22-16-6-7-19(23)18(14-16)20(27)24-11-8-15-9-12-26(13-10-15)21(28)25-17-4-2-1-3-5-17/h1-7,14-15H,8-13H2,(H,24,27)(H,25,28). The highest BCUT2D eigenvalue weighted by atomic mass is 19.1. The van der Waals surface area contributed by atoms with Gasteiger partial charge in [-0.3, -0.25) is 4.79 Å². The number of carbonyl (C=O) groups excluding carboxylic acids is 2. The lowest BCUT2D eigenvalue weighted by Crippen LogP contribution is -2.41. The summed E-state index contributed by atoms with van der Waals surface area (Å²) in [5.41, 5.74) is 0.481. The molecule has 0 saturated carbocycles. The van der Waals surface area contributed by atoms with Crippen molar-refractivity contribution in [3.63, 3.8) is 0 Å². The van der Waals surface area contributed by atoms with Crippen molar-refractivity contribution in [2.45, 2.75) is 19.3 Å². The number of likely N-dealkylation sites (tertiary alicyclic amines) is 1. The molecule has 1 aliphatic rings. The summed E-state index contributed by atoms with van der Waals surface area (Å²) in [6, 6.07) is 12.0. The van der Waals surface area contributed by atoms with Crippen LogP contribution in [-0.2, 0) is 0 Å². The molecular formula is C21H23F2N3O2. The van der Waals surface area contributed by atoms with Gasteiger partial charge in [0.2, 0.25) is 0 Å². The highest BCUT2D eigenvalue weighted by molar-refractivity contribution is 5.94. The van der Waals surface area contributed by atoms with Crippen molar-refractivity contribution in [3.05, 3.63) is 65.7 Å². The zero-order valence-corrected chi connectivity index (χ0v) is 15.5. The Labute approximate surface area is 162 Å². The fourth-order valence-electron chi connectivity index (χ4n) is 3.31. The molecule has 148 valence electrons. The second-order valence-corrected chi connectivity index (χ2v) is 6.90. The van der Waals surface area contributed by atoms with Crippen LogP contribution in [0.4, 0.5) is 19.3 Å². The summed E-state index contributed by atoms with van der Waals surface area (Å²) in [6.45, 7) is 1.68. The molecule has 28 heavy (non-hydrogen) atoms. The number of para-hydroxylation sites is 1. The van der Waals surface area contributed by atoms with Crippen molar-refractivity contribution < 1.29 is 18.4 Å². The normalized spacial score (nSPS) is 14.6. The van der Waals surface area contributed by atoms with Crippen LogP contribution in [0.5, 0.6) is 0 Å². The van der Waals surface area contributed by atoms with Gasteiger partial charge >= 0.3 is 6.03 Å². The van der Waals surface area contributed by atoms with Crippen LogP contribution in [0.2, 0.25) is 0 Å². The van der Waals surface area contributed by atoms with Gasteiger partial charge in [-0.05, 0) is 55.5 Å². The SMILES string of the molecule is O=C(NCCC1CCN(C(=O)Nc2ccccc2)CC1)c1cc(F)ccc1F. The number of nitrogens with zero attached hydrogens (tertiary/aromatic N) is 1. The molecule has 2 aromatic carbocycles. The van der Waals surface area contributed by atoms with E-state index in [1.54, 1.807) is 4.90 Å². The topological polar surface area (TPSA) is 61.4 Å². The summed E-state index contributed by atoms with van der Waals surface area (Å²) in [4.78, 5) is 26.1. The third-order valence-corrected chi connectivity index (χ3v) is 4.94. The van der Waals surface area contributed by atoms with Gasteiger partial charge < -0.3 is 15.5 Å². The first-order valence-electron chi connectivity index (χ1n) is 9.37. The van der Waals surface area contributed by atoms with Gasteiger partial charge in [-0.15, -0.1) is 0 Å². The van der Waals surface area contributed by atoms with Gasteiger partial charge in [0.05, 0.1) is 5.56 Å². The van der Waals surface area contributed by atoms with E-state index in [-0.39, 0.29) is 11.6 Å². The number of halogens is 2. The van der Waals surface area contributed by atoms with Crippen molar-refractivity contribution in [3.8, 4) is 0 Å². The number of nitrogens with one attached hydrogen (secondary N) is 2. The van der Waals surface area contributed by atoms with E-state index in [0.29, 0.717) is 25.6 Å². The van der Waals surface area contributed by atoms with Gasteiger partial charge in [-0.25, -0.2) is 13.6 Å². The molecule has 5 nitrogen and oxygen atoms in total. The molecule has 3 amide bonds. The molecule has 1 saturated heterocycles. The Kier molecular flexibility index (Phi) is 6.57. The maximum Gasteiger partial charge on any atom is 0.321 e. The molecule has 0 aromatic heterocycles. The molecule has 0 unspecified atom stereocenters. The van der Waals surface area contributed by atoms with Crippen LogP contribution in [0.15, 0.2) is 48.5 Å². The third kappa shape index (κ3) is 5.28. The molecule has 2 N–H and O–H groups in total. The Morgan fingerprint density at radius 3 is 2.46 bits per heavy atom. The van der Waals surface area contributed by atoms with Gasteiger partial charge in [0, 0.05) is 25.3 Å². The second-order valence-electron chi connectivity index (χ2n) is 6.90. The lowest BCUT2D eigenvalue weighted by Gasteiger charge is -2.32. The predicted octanol–water partition coefficient (Wildman–Crippen LogP) is 4.03. The average molecular weight is 387 g/mol. The first-order chi connectivity index (χ1) is 13.5. The zero-order valence-electron chi connectivity index (χ0n) is 15.5. The van der Waals surface area contributed by atoms with Gasteiger partial charge in [0.15, 0.2) is 0 Å². The van der Waals surface area contributed by atoms with Gasteiger partial charge in [0.1, 0.15) is 11.6 Å². The molecule has 0 bridgehead atoms. The van der Waals surface area contributed by atoms with Gasteiger partial charge in [-0.2, -0.15) is 0 Å². The lowest BCUT2D eigenvalue weighted by molar-refractivity contribution is 0.0945. The number of anilines is 1. The minimum atomic E-state index is -0.739. The molecule has 7 heteroatoms. The molecule has 0 spiro atoms. The Hall–Kier alpha value is -2.96. The summed E-state index contributed by atoms with van der Waals surface area (Å²) in [6.07, 6.45) is 2.41. The molecule has 0 radical (unpaired) electrons. The molecule has 2 aromatic rings. The van der Waals surface area contributed by atoms with Gasteiger partial charge in [0.25, 0.3) is 5.91 Å². The highest BCUT2D eigenvalue weighted by Crippen LogP contribution is 2.21. The average Bonchev–Trinajstić information content (AvgIpc) is 2.71. The molecule has 3 rings (SSSR count). The van der Waals surface area contributed by atoms with Crippen molar-refractivity contribution in [1.82, 2.24) is 10.2 Å². The fraction of sp³-hybridized carbons (Fsp3) is 0.333. The number of carbonyl (C=O) groups is 2. The Bertz CT molecular complexity index is 822. The first-order valence-corrected chi connectivity index (χ1v) is 9.37. The Balaban J connectivity index is 1.39. The van der Waals surface area contributed by atoms with Gasteiger partial charge in [-0.1, -0.05) is 18.2 Å². The summed E-state index contributed by atoms with van der Waals surface area (Å²) in [7, 11) is 0. The number of piperidine rings is 1. The molecule has 0 aliphatic carbocycles. The summed E-state index contributed by atoms with van der Waals surface area (Å²) in [5, 5.41) is 5.52. The molecule has 1 heterocycles. The molecule has 1 aliphatic heterocycles. The minimum absolute atomic E-state index is 0.112. The van der Waals surface area contributed by atoms with Crippen molar-refractivity contribution in [1.29, 1.82) is 0 Å². The maximum atomic E-state index is 13.6. The van der Waals surface area contributed by atoms with Crippen LogP contribution >= 0.6 is 0 Å². The van der Waals surface area contributed by atoms with Crippen LogP contribution in [0.25, 0.3) is 0 Å². The third-order valence-electron chi connectivity index (χ3n) is 4.94. The van der Waals surface area contributed by atoms with Crippen LogP contribution in [0.1, 0.15) is 29.6 Å². The number of rotatable bonds is 5. The monoisotopic (exact) mass is 387 g/mol. The van der Waals surface area contributed by atoms with E-state index in [1.807, 2.05) is 30.3 Å². The Morgan fingerprint density at radius 2 is 1.75 bits per heavy atom. The molecule has 0 atom stereocenters. The Morgan fingerprint density at radius 1 is 1.04 bits per heavy atom. The van der Waals surface area contributed by atoms with E-state index in [4.69, 9.17) is 0 Å². The molecular weight excluding hydrogens is 364 g/mol. The van der Waals surface area contributed by atoms with Crippen LogP contribution in [0, 0.1) is 17.6 Å². The minimum Gasteiger partial charge on any atom is -0.352 e. The van der Waals surface area contributed by atoms with Crippen molar-refractivity contribution >= 4 is 17.6 Å². The maximum absolute atomic E-state index is 13.6. The number of amides is 3. The smallest absolute Gasteiger partial charge is 0.321 e. The predicted molar refractivity (Wildman–Crippen MR) is 103 cm³/mol. The number of hydrogen-bond donors (Lipinski definition) is 2. The van der Waals surface area contributed by atoms with Crippen LogP contribution in [0.3, 0.4) is 0 Å². The fourth-order valence-corrected chi connectivity index (χ4v) is 3.31. The highest BCUT2D eigenvalue weighted by Gasteiger charge is 2.23. The van der Waals surface area contributed by atoms with E-state index in [9.17, 15) is 18.4 Å². The summed E-state index contributed by atoms with van der Waals surface area (Å²) < 4.78 is 26.8. The first kappa shape index (κ1) is 19.8. The number of urea groups is 1. The van der Waals surface area contributed by atoms with Crippen molar-refractivity contribution in [2.75, 3.05) is 25.0 Å². The zero-order chi connectivity index (χ0) is 19.9. The van der Waals surface area contributed by atoms with E-state index in [0.717, 1.165) is 43.1 Å². The lowest BCUT2D eigenvalue weighted by atomic mass is 9.93. The van der Waals surface area contributed by atoms with Crippen LogP contribution in [-0.4, -0.2) is 36.5 Å². The quantitative estimate of drug-likeness (QED) is 0.814. The van der Waals surface area contributed by atoms with Crippen LogP contribution < -0.4 is 10.6 Å². The van der Waals surface area contributed by atoms with E-state index < -0.39 is 17.5 Å². The van der Waals surface area contributed by atoms with E-state index in [2.05, 4.69) is 10.6 Å². The largest absolute Gasteiger partial charge is 0.352 e. The summed E-state index contributed by atoms with van der Waals surface area (Å²) >= 11 is 0. The van der Waals surface area contributed by atoms with E-state index >= 15 is 0 Å².